The second kappa shape index (κ2) is 3.37. The molecule has 0 saturated carbocycles. The molecule has 0 radical (unpaired) electrons. The third kappa shape index (κ3) is 1.45. The molecule has 0 amide bonds. The van der Waals surface area contributed by atoms with Crippen molar-refractivity contribution in [2.24, 2.45) is 0 Å². The van der Waals surface area contributed by atoms with Crippen LogP contribution in [-0.4, -0.2) is 14.9 Å². The lowest BCUT2D eigenvalue weighted by Gasteiger charge is -2.31. The first-order valence-electron chi connectivity index (χ1n) is 5.10. The Labute approximate surface area is 86.5 Å². The van der Waals surface area contributed by atoms with Gasteiger partial charge in [0.25, 0.3) is 0 Å². The van der Waals surface area contributed by atoms with E-state index in [-0.39, 0.29) is 0 Å². The van der Waals surface area contributed by atoms with E-state index in [2.05, 4.69) is 50.4 Å². The van der Waals surface area contributed by atoms with Crippen LogP contribution in [0.1, 0.15) is 18.1 Å². The van der Waals surface area contributed by atoms with Gasteiger partial charge in [0.05, 0.1) is 0 Å². The Morgan fingerprint density at radius 2 is 1.93 bits per heavy atom. The maximum Gasteiger partial charge on any atom is 0.218 e. The van der Waals surface area contributed by atoms with Crippen molar-refractivity contribution in [3.05, 3.63) is 35.4 Å². The van der Waals surface area contributed by atoms with E-state index in [4.69, 9.17) is 4.43 Å². The molecule has 0 fully saturated rings. The molecule has 2 heteroatoms. The Bertz CT molecular complexity index is 380. The number of hydrogen-bond donors (Lipinski definition) is 0. The number of rotatable bonds is 3. The van der Waals surface area contributed by atoms with Gasteiger partial charge in [0.2, 0.25) is 8.32 Å². The van der Waals surface area contributed by atoms with E-state index in [1.807, 2.05) is 0 Å². The quantitative estimate of drug-likeness (QED) is 0.686. The van der Waals surface area contributed by atoms with Crippen LogP contribution in [0.15, 0.2) is 24.3 Å². The van der Waals surface area contributed by atoms with Gasteiger partial charge in [-0.3, -0.25) is 0 Å². The van der Waals surface area contributed by atoms with Crippen LogP contribution in [0.25, 0.3) is 11.3 Å². The predicted molar refractivity (Wildman–Crippen MR) is 63.4 cm³/mol. The van der Waals surface area contributed by atoms with Crippen molar-refractivity contribution in [2.45, 2.75) is 20.0 Å². The Kier molecular flexibility index (Phi) is 2.33. The van der Waals surface area contributed by atoms with Crippen molar-refractivity contribution in [3.8, 4) is 0 Å². The molecule has 0 spiro atoms. The smallest absolute Gasteiger partial charge is 0.218 e. The van der Waals surface area contributed by atoms with Crippen molar-refractivity contribution in [1.29, 1.82) is 0 Å². The zero-order chi connectivity index (χ0) is 10.2. The van der Waals surface area contributed by atoms with Crippen LogP contribution in [0.3, 0.4) is 0 Å². The van der Waals surface area contributed by atoms with Crippen LogP contribution in [0, 0.1) is 0 Å². The highest BCUT2D eigenvalue weighted by Crippen LogP contribution is 2.38. The van der Waals surface area contributed by atoms with Crippen LogP contribution in [0.2, 0.25) is 13.1 Å². The first-order chi connectivity index (χ1) is 6.65. The molecule has 2 rings (SSSR count). The summed E-state index contributed by atoms with van der Waals surface area (Å²) in [5.41, 5.74) is 2.76. The third-order valence-corrected chi connectivity index (χ3v) is 5.43. The van der Waals surface area contributed by atoms with Crippen molar-refractivity contribution in [2.75, 3.05) is 6.61 Å². The molecule has 0 atom stereocenters. The highest BCUT2D eigenvalue weighted by Gasteiger charge is 2.33. The van der Waals surface area contributed by atoms with Gasteiger partial charge < -0.3 is 4.43 Å². The summed E-state index contributed by atoms with van der Waals surface area (Å²) in [6.45, 7) is 7.41. The zero-order valence-electron chi connectivity index (χ0n) is 9.00. The summed E-state index contributed by atoms with van der Waals surface area (Å²) in [7, 11) is -1.61. The summed E-state index contributed by atoms with van der Waals surface area (Å²) in [6.07, 6.45) is 2.28. The first-order valence-corrected chi connectivity index (χ1v) is 8.01. The highest BCUT2D eigenvalue weighted by molar-refractivity contribution is 6.91. The molecule has 0 aromatic heterocycles. The average Bonchev–Trinajstić information content (AvgIpc) is 2.06. The SMILES string of the molecule is CCO[Si](C)(C)C1=Cc2ccccc21. The minimum Gasteiger partial charge on any atom is -0.413 e. The Morgan fingerprint density at radius 1 is 1.21 bits per heavy atom. The van der Waals surface area contributed by atoms with Gasteiger partial charge >= 0.3 is 0 Å². The minimum atomic E-state index is -1.61. The number of fused-ring (bicyclic) bond motifs is 1. The van der Waals surface area contributed by atoms with Crippen LogP contribution < -0.4 is 0 Å². The van der Waals surface area contributed by atoms with E-state index in [9.17, 15) is 0 Å². The van der Waals surface area contributed by atoms with Crippen LogP contribution in [-0.2, 0) is 4.43 Å². The van der Waals surface area contributed by atoms with Gasteiger partial charge in [-0.05, 0) is 36.3 Å². The monoisotopic (exact) mass is 204 g/mol. The molecule has 0 heterocycles. The first kappa shape index (κ1) is 9.68. The van der Waals surface area contributed by atoms with Crippen LogP contribution in [0.4, 0.5) is 0 Å². The minimum absolute atomic E-state index is 0.818. The molecule has 1 aliphatic rings. The van der Waals surface area contributed by atoms with Crippen molar-refractivity contribution in [1.82, 2.24) is 0 Å². The van der Waals surface area contributed by atoms with Crippen LogP contribution in [0.5, 0.6) is 0 Å². The van der Waals surface area contributed by atoms with Gasteiger partial charge in [-0.15, -0.1) is 0 Å². The van der Waals surface area contributed by atoms with Gasteiger partial charge in [0, 0.05) is 6.61 Å². The van der Waals surface area contributed by atoms with Gasteiger partial charge in [-0.2, -0.15) is 0 Å². The lowest BCUT2D eigenvalue weighted by atomic mass is 9.98. The second-order valence-electron chi connectivity index (χ2n) is 4.09. The predicted octanol–water partition coefficient (Wildman–Crippen LogP) is 3.32. The summed E-state index contributed by atoms with van der Waals surface area (Å²) in [5, 5.41) is 1.45. The molecule has 0 aliphatic heterocycles. The molecule has 1 nitrogen and oxygen atoms in total. The fourth-order valence-corrected chi connectivity index (χ4v) is 4.22. The van der Waals surface area contributed by atoms with Crippen LogP contribution >= 0.6 is 0 Å². The molecular formula is C12H16OSi. The van der Waals surface area contributed by atoms with E-state index < -0.39 is 8.32 Å². The summed E-state index contributed by atoms with van der Waals surface area (Å²) in [4.78, 5) is 0. The van der Waals surface area contributed by atoms with Crippen molar-refractivity contribution >= 4 is 19.6 Å². The Morgan fingerprint density at radius 3 is 2.57 bits per heavy atom. The number of benzene rings is 1. The van der Waals surface area contributed by atoms with E-state index in [0.717, 1.165) is 6.61 Å². The molecular weight excluding hydrogens is 188 g/mol. The summed E-state index contributed by atoms with van der Waals surface area (Å²) >= 11 is 0. The van der Waals surface area contributed by atoms with Crippen molar-refractivity contribution in [3.63, 3.8) is 0 Å². The fraction of sp³-hybridized carbons (Fsp3) is 0.333. The van der Waals surface area contributed by atoms with Gasteiger partial charge in [-0.25, -0.2) is 0 Å². The molecule has 14 heavy (non-hydrogen) atoms. The molecule has 0 unspecified atom stereocenters. The molecule has 1 aromatic rings. The number of hydrogen-bond acceptors (Lipinski definition) is 1. The fourth-order valence-electron chi connectivity index (χ4n) is 1.96. The maximum atomic E-state index is 5.86. The third-order valence-electron chi connectivity index (χ3n) is 2.70. The van der Waals surface area contributed by atoms with Crippen molar-refractivity contribution < 1.29 is 4.43 Å². The summed E-state index contributed by atoms with van der Waals surface area (Å²) in [6, 6.07) is 8.54. The largest absolute Gasteiger partial charge is 0.413 e. The van der Waals surface area contributed by atoms with Gasteiger partial charge in [-0.1, -0.05) is 30.3 Å². The lowest BCUT2D eigenvalue weighted by molar-refractivity contribution is 0.339. The zero-order valence-corrected chi connectivity index (χ0v) is 10.0. The summed E-state index contributed by atoms with van der Waals surface area (Å²) in [5.74, 6) is 0. The lowest BCUT2D eigenvalue weighted by Crippen LogP contribution is -2.34. The maximum absolute atomic E-state index is 5.86. The molecule has 0 N–H and O–H groups in total. The summed E-state index contributed by atoms with van der Waals surface area (Å²) < 4.78 is 5.86. The standard InChI is InChI=1S/C12H16OSi/c1-4-13-14(2,3)12-9-10-7-5-6-8-11(10)12/h5-9H,4H2,1-3H3. The topological polar surface area (TPSA) is 9.23 Å². The highest BCUT2D eigenvalue weighted by atomic mass is 28.4. The van der Waals surface area contributed by atoms with E-state index in [1.54, 1.807) is 0 Å². The molecule has 1 aromatic carbocycles. The van der Waals surface area contributed by atoms with Gasteiger partial charge in [0.1, 0.15) is 0 Å². The Balaban J connectivity index is 2.25. The average molecular weight is 204 g/mol. The van der Waals surface area contributed by atoms with E-state index >= 15 is 0 Å². The molecule has 74 valence electrons. The van der Waals surface area contributed by atoms with Gasteiger partial charge in [0.15, 0.2) is 0 Å². The molecule has 0 saturated heterocycles. The van der Waals surface area contributed by atoms with E-state index in [0.29, 0.717) is 0 Å². The van der Waals surface area contributed by atoms with E-state index in [1.165, 1.54) is 16.3 Å². The second-order valence-corrected chi connectivity index (χ2v) is 7.94. The molecule has 1 aliphatic carbocycles. The normalized spacial score (nSPS) is 14.4. The molecule has 0 bridgehead atoms. The Hall–Kier alpha value is -0.863.